The second-order valence-corrected chi connectivity index (χ2v) is 6.53. The van der Waals surface area contributed by atoms with Crippen molar-refractivity contribution in [3.8, 4) is 5.82 Å². The monoisotopic (exact) mass is 375 g/mol. The number of carbonyl (C=O) groups is 1. The molecule has 0 aliphatic rings. The molecule has 0 radical (unpaired) electrons. The van der Waals surface area contributed by atoms with Gasteiger partial charge in [0.15, 0.2) is 5.82 Å². The van der Waals surface area contributed by atoms with Crippen LogP contribution >= 0.6 is 11.8 Å². The summed E-state index contributed by atoms with van der Waals surface area (Å²) in [4.78, 5) is 11.9. The Bertz CT molecular complexity index is 943. The van der Waals surface area contributed by atoms with Crippen LogP contribution in [-0.2, 0) is 4.79 Å². The van der Waals surface area contributed by atoms with E-state index in [9.17, 15) is 13.6 Å². The summed E-state index contributed by atoms with van der Waals surface area (Å²) in [5.74, 6) is -1.22. The van der Waals surface area contributed by atoms with Crippen LogP contribution in [0.4, 0.5) is 14.5 Å². The van der Waals surface area contributed by atoms with Crippen LogP contribution < -0.4 is 5.32 Å². The van der Waals surface area contributed by atoms with E-state index in [-0.39, 0.29) is 11.4 Å². The van der Waals surface area contributed by atoms with Crippen LogP contribution in [0.15, 0.2) is 41.4 Å². The van der Waals surface area contributed by atoms with Crippen molar-refractivity contribution in [2.75, 3.05) is 11.1 Å². The highest BCUT2D eigenvalue weighted by molar-refractivity contribution is 7.99. The minimum absolute atomic E-state index is 0.0100. The summed E-state index contributed by atoms with van der Waals surface area (Å²) in [6.45, 7) is 3.81. The van der Waals surface area contributed by atoms with Crippen LogP contribution in [0.1, 0.15) is 11.4 Å². The molecule has 0 atom stereocenters. The number of halogens is 2. The lowest BCUT2D eigenvalue weighted by Gasteiger charge is -2.06. The summed E-state index contributed by atoms with van der Waals surface area (Å²) in [7, 11) is 0. The second kappa shape index (κ2) is 7.61. The summed E-state index contributed by atoms with van der Waals surface area (Å²) < 4.78 is 28.3. The van der Waals surface area contributed by atoms with Crippen molar-refractivity contribution in [2.45, 2.75) is 18.9 Å². The first-order valence-electron chi connectivity index (χ1n) is 7.67. The van der Waals surface area contributed by atoms with E-state index in [1.54, 1.807) is 16.8 Å². The number of benzene rings is 1. The lowest BCUT2D eigenvalue weighted by Crippen LogP contribution is -2.15. The first-order valence-corrected chi connectivity index (χ1v) is 8.66. The van der Waals surface area contributed by atoms with E-state index in [4.69, 9.17) is 0 Å². The first kappa shape index (κ1) is 18.0. The zero-order valence-electron chi connectivity index (χ0n) is 14.0. The molecule has 0 unspecified atom stereocenters. The fourth-order valence-electron chi connectivity index (χ4n) is 2.28. The third kappa shape index (κ3) is 4.23. The van der Waals surface area contributed by atoms with Crippen LogP contribution in [0.2, 0.25) is 0 Å². The molecule has 9 heteroatoms. The van der Waals surface area contributed by atoms with Gasteiger partial charge in [-0.2, -0.15) is 5.10 Å². The molecule has 1 amide bonds. The van der Waals surface area contributed by atoms with Crippen molar-refractivity contribution in [3.05, 3.63) is 59.4 Å². The molecule has 1 N–H and O–H groups in total. The molecule has 3 rings (SSSR count). The van der Waals surface area contributed by atoms with Crippen molar-refractivity contribution in [1.29, 1.82) is 0 Å². The third-order valence-electron chi connectivity index (χ3n) is 3.41. The summed E-state index contributed by atoms with van der Waals surface area (Å²) in [5, 5.41) is 15.3. The number of anilines is 1. The molecular weight excluding hydrogens is 360 g/mol. The van der Waals surface area contributed by atoms with Crippen molar-refractivity contribution < 1.29 is 13.6 Å². The normalized spacial score (nSPS) is 10.8. The van der Waals surface area contributed by atoms with Gasteiger partial charge in [-0.05, 0) is 44.2 Å². The lowest BCUT2D eigenvalue weighted by molar-refractivity contribution is -0.113. The maximum Gasteiger partial charge on any atom is 0.234 e. The number of aromatic nitrogens is 4. The number of aryl methyl sites for hydroxylation is 2. The predicted molar refractivity (Wildman–Crippen MR) is 94.3 cm³/mol. The molecule has 134 valence electrons. The highest BCUT2D eigenvalue weighted by Gasteiger charge is 2.10. The number of rotatable bonds is 5. The molecule has 26 heavy (non-hydrogen) atoms. The third-order valence-corrected chi connectivity index (χ3v) is 4.33. The van der Waals surface area contributed by atoms with Gasteiger partial charge in [0.2, 0.25) is 5.91 Å². The molecule has 3 aromatic rings. The second-order valence-electron chi connectivity index (χ2n) is 5.53. The molecule has 2 aromatic heterocycles. The molecule has 1 aromatic carbocycles. The molecule has 0 aliphatic carbocycles. The minimum atomic E-state index is -0.696. The average Bonchev–Trinajstić information content (AvgIpc) is 2.95. The number of hydrogen-bond acceptors (Lipinski definition) is 5. The van der Waals surface area contributed by atoms with E-state index in [2.05, 4.69) is 20.6 Å². The molecule has 0 spiro atoms. The molecule has 0 aliphatic heterocycles. The number of nitrogens with zero attached hydrogens (tertiary/aromatic N) is 4. The van der Waals surface area contributed by atoms with Crippen LogP contribution in [0.3, 0.4) is 0 Å². The van der Waals surface area contributed by atoms with Gasteiger partial charge in [0.25, 0.3) is 0 Å². The van der Waals surface area contributed by atoms with Gasteiger partial charge in [-0.25, -0.2) is 13.5 Å². The summed E-state index contributed by atoms with van der Waals surface area (Å²) >= 11 is 1.14. The Morgan fingerprint density at radius 1 is 1.15 bits per heavy atom. The molecule has 6 nitrogen and oxygen atoms in total. The van der Waals surface area contributed by atoms with Crippen LogP contribution in [0.25, 0.3) is 5.82 Å². The zero-order chi connectivity index (χ0) is 18.7. The van der Waals surface area contributed by atoms with Crippen molar-refractivity contribution >= 4 is 23.4 Å². The SMILES string of the molecule is Cc1cc(C)n(-c2ccc(SCC(=O)Nc3cc(F)ccc3F)nn2)n1. The zero-order valence-corrected chi connectivity index (χ0v) is 14.8. The molecule has 0 saturated carbocycles. The maximum absolute atomic E-state index is 13.5. The summed E-state index contributed by atoms with van der Waals surface area (Å²) in [5.41, 5.74) is 1.62. The van der Waals surface area contributed by atoms with Gasteiger partial charge in [-0.1, -0.05) is 11.8 Å². The molecule has 0 bridgehead atoms. The molecule has 0 saturated heterocycles. The predicted octanol–water partition coefficient (Wildman–Crippen LogP) is 3.29. The van der Waals surface area contributed by atoms with Crippen molar-refractivity contribution in [2.24, 2.45) is 0 Å². The van der Waals surface area contributed by atoms with E-state index >= 15 is 0 Å². The largest absolute Gasteiger partial charge is 0.323 e. The fraction of sp³-hybridized carbons (Fsp3) is 0.176. The topological polar surface area (TPSA) is 72.7 Å². The first-order chi connectivity index (χ1) is 12.4. The van der Waals surface area contributed by atoms with Gasteiger partial charge in [0.1, 0.15) is 16.7 Å². The Morgan fingerprint density at radius 3 is 2.62 bits per heavy atom. The number of thioether (sulfide) groups is 1. The van der Waals surface area contributed by atoms with Gasteiger partial charge in [0, 0.05) is 11.8 Å². The maximum atomic E-state index is 13.5. The van der Waals surface area contributed by atoms with E-state index < -0.39 is 17.5 Å². The van der Waals surface area contributed by atoms with E-state index in [0.29, 0.717) is 10.8 Å². The van der Waals surface area contributed by atoms with Crippen molar-refractivity contribution in [1.82, 2.24) is 20.0 Å². The van der Waals surface area contributed by atoms with Gasteiger partial charge in [0.05, 0.1) is 17.1 Å². The van der Waals surface area contributed by atoms with Crippen LogP contribution in [0.5, 0.6) is 0 Å². The van der Waals surface area contributed by atoms with Crippen molar-refractivity contribution in [3.63, 3.8) is 0 Å². The summed E-state index contributed by atoms with van der Waals surface area (Å²) in [6.07, 6.45) is 0. The van der Waals surface area contributed by atoms with E-state index in [0.717, 1.165) is 41.3 Å². The van der Waals surface area contributed by atoms with Crippen LogP contribution in [-0.4, -0.2) is 31.6 Å². The number of carbonyl (C=O) groups excluding carboxylic acids is 1. The molecule has 2 heterocycles. The van der Waals surface area contributed by atoms with E-state index in [1.165, 1.54) is 0 Å². The Hall–Kier alpha value is -2.81. The fourth-order valence-corrected chi connectivity index (χ4v) is 2.90. The summed E-state index contributed by atoms with van der Waals surface area (Å²) in [6, 6.07) is 8.28. The molecular formula is C17H15F2N5OS. The highest BCUT2D eigenvalue weighted by atomic mass is 32.2. The Kier molecular flexibility index (Phi) is 5.27. The number of hydrogen-bond donors (Lipinski definition) is 1. The standard InChI is InChI=1S/C17H15F2N5OS/c1-10-7-11(2)24(23-10)15-5-6-17(22-21-15)26-9-16(25)20-14-8-12(18)3-4-13(14)19/h3-8H,9H2,1-2H3,(H,20,25). The van der Waals surface area contributed by atoms with Crippen LogP contribution in [0, 0.1) is 25.5 Å². The van der Waals surface area contributed by atoms with E-state index in [1.807, 2.05) is 19.9 Å². The Morgan fingerprint density at radius 2 is 1.96 bits per heavy atom. The molecule has 0 fully saturated rings. The average molecular weight is 375 g/mol. The van der Waals surface area contributed by atoms with Gasteiger partial charge >= 0.3 is 0 Å². The lowest BCUT2D eigenvalue weighted by atomic mass is 10.3. The van der Waals surface area contributed by atoms with Gasteiger partial charge < -0.3 is 5.32 Å². The highest BCUT2D eigenvalue weighted by Crippen LogP contribution is 2.19. The van der Waals surface area contributed by atoms with Gasteiger partial charge in [-0.15, -0.1) is 10.2 Å². The number of nitrogens with one attached hydrogen (secondary N) is 1. The smallest absolute Gasteiger partial charge is 0.234 e. The minimum Gasteiger partial charge on any atom is -0.323 e. The number of amides is 1. The Balaban J connectivity index is 1.60. The Labute approximate surface area is 152 Å². The van der Waals surface area contributed by atoms with Gasteiger partial charge in [-0.3, -0.25) is 4.79 Å². The quantitative estimate of drug-likeness (QED) is 0.693.